The molecule has 1 rings (SSSR count). The lowest BCUT2D eigenvalue weighted by molar-refractivity contribution is -0.385. The standard InChI is InChI=1S/C8H8N2O2.C2H6.CH4IP/c1-6-4-7(5-9)2-3-8(6)10(11)12;1-2;1-3-2/h2-5,9H,1H3;1-2H3;3H,1H3. The molecule has 1 unspecified atom stereocenters. The van der Waals surface area contributed by atoms with Crippen molar-refractivity contribution in [2.24, 2.45) is 0 Å². The number of rotatable bonds is 2. The van der Waals surface area contributed by atoms with Gasteiger partial charge in [0.25, 0.3) is 5.69 Å². The van der Waals surface area contributed by atoms with Crippen LogP contribution in [0.3, 0.4) is 0 Å². The van der Waals surface area contributed by atoms with Crippen molar-refractivity contribution in [2.45, 2.75) is 20.8 Å². The maximum absolute atomic E-state index is 10.4. The van der Waals surface area contributed by atoms with Crippen molar-refractivity contribution < 1.29 is 4.92 Å². The fraction of sp³-hybridized carbons (Fsp3) is 0.364. The van der Waals surface area contributed by atoms with Crippen molar-refractivity contribution in [2.75, 3.05) is 6.66 Å². The largest absolute Gasteiger partial charge is 0.308 e. The van der Waals surface area contributed by atoms with Crippen LogP contribution in [0.1, 0.15) is 25.0 Å². The van der Waals surface area contributed by atoms with Gasteiger partial charge in [-0.05, 0) is 31.3 Å². The Morgan fingerprint density at radius 1 is 1.47 bits per heavy atom. The Bertz CT molecular complexity index is 359. The van der Waals surface area contributed by atoms with E-state index in [-0.39, 0.29) is 5.69 Å². The molecule has 0 aromatic heterocycles. The van der Waals surface area contributed by atoms with Crippen molar-refractivity contribution in [1.82, 2.24) is 0 Å². The lowest BCUT2D eigenvalue weighted by atomic mass is 10.1. The Morgan fingerprint density at radius 3 is 2.24 bits per heavy atom. The normalized spacial score (nSPS) is 8.76. The van der Waals surface area contributed by atoms with Gasteiger partial charge in [-0.2, -0.15) is 0 Å². The molecule has 0 aliphatic carbocycles. The molecule has 17 heavy (non-hydrogen) atoms. The lowest BCUT2D eigenvalue weighted by Crippen LogP contribution is -1.92. The molecular weight excluding hydrogens is 350 g/mol. The number of nitrogens with zero attached hydrogens (tertiary/aromatic N) is 1. The average molecular weight is 368 g/mol. The number of aryl methyl sites for hydroxylation is 1. The van der Waals surface area contributed by atoms with Crippen LogP contribution in [0.15, 0.2) is 18.2 Å². The molecule has 0 amide bonds. The summed E-state index contributed by atoms with van der Waals surface area (Å²) in [5, 5.41) is 17.3. The van der Waals surface area contributed by atoms with Gasteiger partial charge in [-0.25, -0.2) is 0 Å². The van der Waals surface area contributed by atoms with Crippen molar-refractivity contribution in [3.63, 3.8) is 0 Å². The number of hydrogen-bond acceptors (Lipinski definition) is 3. The predicted molar refractivity (Wildman–Crippen MR) is 85.3 cm³/mol. The van der Waals surface area contributed by atoms with Crippen LogP contribution in [0.25, 0.3) is 0 Å². The van der Waals surface area contributed by atoms with Crippen molar-refractivity contribution >= 4 is 40.2 Å². The third kappa shape index (κ3) is 8.21. The molecule has 0 saturated carbocycles. The molecule has 0 saturated heterocycles. The lowest BCUT2D eigenvalue weighted by Gasteiger charge is -1.96. The van der Waals surface area contributed by atoms with Crippen LogP contribution in [0.4, 0.5) is 5.69 Å². The van der Waals surface area contributed by atoms with E-state index in [0.29, 0.717) is 11.1 Å². The number of nitro benzene ring substituents is 1. The van der Waals surface area contributed by atoms with Gasteiger partial charge in [0, 0.05) is 17.8 Å². The van der Waals surface area contributed by atoms with Crippen LogP contribution in [0.5, 0.6) is 0 Å². The molecule has 1 N–H and O–H groups in total. The Labute approximate surface area is 117 Å². The second-order valence-corrected chi connectivity index (χ2v) is 6.25. The third-order valence-corrected chi connectivity index (χ3v) is 1.58. The molecule has 0 fully saturated rings. The quantitative estimate of drug-likeness (QED) is 0.273. The molecule has 0 aliphatic heterocycles. The number of benzene rings is 1. The summed E-state index contributed by atoms with van der Waals surface area (Å²) < 4.78 is 0. The predicted octanol–water partition coefficient (Wildman–Crippen LogP) is 4.57. The topological polar surface area (TPSA) is 67.0 Å². The molecule has 1 aromatic rings. The van der Waals surface area contributed by atoms with Crippen molar-refractivity contribution in [3.05, 3.63) is 39.4 Å². The van der Waals surface area contributed by atoms with E-state index in [2.05, 4.69) is 28.7 Å². The monoisotopic (exact) mass is 368 g/mol. The summed E-state index contributed by atoms with van der Waals surface area (Å²) in [6.45, 7) is 7.80. The van der Waals surface area contributed by atoms with E-state index >= 15 is 0 Å². The van der Waals surface area contributed by atoms with Gasteiger partial charge in [-0.1, -0.05) is 42.1 Å². The third-order valence-electron chi connectivity index (χ3n) is 1.58. The molecule has 1 atom stereocenters. The van der Waals surface area contributed by atoms with E-state index in [4.69, 9.17) is 5.41 Å². The maximum atomic E-state index is 10.4. The van der Waals surface area contributed by atoms with Gasteiger partial charge >= 0.3 is 0 Å². The molecule has 0 aliphatic rings. The summed E-state index contributed by atoms with van der Waals surface area (Å²) >= 11 is 2.32. The first kappa shape index (κ1) is 18.8. The fourth-order valence-corrected chi connectivity index (χ4v) is 0.973. The van der Waals surface area contributed by atoms with E-state index in [1.165, 1.54) is 6.07 Å². The Hall–Kier alpha value is -0.550. The molecule has 96 valence electrons. The average Bonchev–Trinajstić information content (AvgIpc) is 2.32. The summed E-state index contributed by atoms with van der Waals surface area (Å²) in [4.78, 5) is 9.94. The van der Waals surface area contributed by atoms with Gasteiger partial charge in [-0.15, -0.1) is 0 Å². The first-order valence-corrected chi connectivity index (χ1v) is 9.71. The van der Waals surface area contributed by atoms with Crippen LogP contribution in [-0.2, 0) is 0 Å². The van der Waals surface area contributed by atoms with E-state index in [9.17, 15) is 10.1 Å². The van der Waals surface area contributed by atoms with E-state index < -0.39 is 4.92 Å². The molecule has 6 heteroatoms. The van der Waals surface area contributed by atoms with Crippen LogP contribution >= 0.6 is 28.3 Å². The number of hydrogen-bond donors (Lipinski definition) is 1. The molecular formula is C11H18IN2O2P. The van der Waals surface area contributed by atoms with Crippen molar-refractivity contribution in [3.8, 4) is 0 Å². The highest BCUT2D eigenvalue weighted by Gasteiger charge is 2.08. The van der Waals surface area contributed by atoms with Gasteiger partial charge < -0.3 is 5.41 Å². The second-order valence-electron chi connectivity index (χ2n) is 2.64. The Kier molecular flexibility index (Phi) is 13.2. The maximum Gasteiger partial charge on any atom is 0.272 e. The smallest absolute Gasteiger partial charge is 0.272 e. The number of halogens is 1. The second kappa shape index (κ2) is 11.9. The summed E-state index contributed by atoms with van der Waals surface area (Å²) in [5.41, 5.74) is 1.36. The molecule has 4 nitrogen and oxygen atoms in total. The highest BCUT2D eigenvalue weighted by molar-refractivity contribution is 14.2. The van der Waals surface area contributed by atoms with Crippen LogP contribution in [0.2, 0.25) is 0 Å². The zero-order valence-corrected chi connectivity index (χ0v) is 13.6. The highest BCUT2D eigenvalue weighted by Crippen LogP contribution is 2.17. The number of nitrogens with one attached hydrogen (secondary N) is 1. The Morgan fingerprint density at radius 2 is 1.94 bits per heavy atom. The van der Waals surface area contributed by atoms with Gasteiger partial charge in [0.05, 0.1) is 4.92 Å². The molecule has 0 radical (unpaired) electrons. The molecule has 1 aromatic carbocycles. The van der Waals surface area contributed by atoms with Crippen LogP contribution in [0, 0.1) is 22.4 Å². The molecule has 0 bridgehead atoms. The highest BCUT2D eigenvalue weighted by atomic mass is 127. The first-order chi connectivity index (χ1) is 8.06. The molecule has 0 heterocycles. The van der Waals surface area contributed by atoms with Gasteiger partial charge in [0.1, 0.15) is 0 Å². The zero-order chi connectivity index (χ0) is 13.8. The summed E-state index contributed by atoms with van der Waals surface area (Å²) in [6, 6.07) is 4.58. The SMILES string of the molecule is CC.CPI.Cc1cc(C=N)ccc1[N+](=O)[O-]. The minimum absolute atomic E-state index is 0.0978. The number of nitro groups is 1. The molecule has 0 spiro atoms. The van der Waals surface area contributed by atoms with Crippen LogP contribution in [-0.4, -0.2) is 17.8 Å². The summed E-state index contributed by atoms with van der Waals surface area (Å²) in [5.74, 6) is 0. The summed E-state index contributed by atoms with van der Waals surface area (Å²) in [7, 11) is 0. The van der Waals surface area contributed by atoms with Crippen molar-refractivity contribution in [1.29, 1.82) is 5.41 Å². The zero-order valence-electron chi connectivity index (χ0n) is 10.5. The Balaban J connectivity index is 0. The minimum atomic E-state index is -0.428. The van der Waals surface area contributed by atoms with E-state index in [0.717, 1.165) is 12.4 Å². The van der Waals surface area contributed by atoms with Crippen LogP contribution < -0.4 is 0 Å². The first-order valence-electron chi connectivity index (χ1n) is 5.09. The van der Waals surface area contributed by atoms with Gasteiger partial charge in [-0.3, -0.25) is 10.1 Å². The van der Waals surface area contributed by atoms with Gasteiger partial charge in [0.15, 0.2) is 0 Å². The summed E-state index contributed by atoms with van der Waals surface area (Å²) in [6.07, 6.45) is 2.22. The minimum Gasteiger partial charge on any atom is -0.308 e. The van der Waals surface area contributed by atoms with E-state index in [1.807, 2.05) is 13.8 Å². The van der Waals surface area contributed by atoms with Gasteiger partial charge in [0.2, 0.25) is 0 Å². The fourth-order valence-electron chi connectivity index (χ4n) is 0.973. The van der Waals surface area contributed by atoms with E-state index in [1.54, 1.807) is 19.1 Å².